The number of carbonyl (C=O) groups excluding carboxylic acids is 2. The zero-order valence-electron chi connectivity index (χ0n) is 49.1. The first-order valence-electron chi connectivity index (χ1n) is 32.8. The summed E-state index contributed by atoms with van der Waals surface area (Å²) in [7, 11) is 0. The van der Waals surface area contributed by atoms with Crippen LogP contribution in [0, 0.1) is 0 Å². The molecule has 0 fully saturated rings. The summed E-state index contributed by atoms with van der Waals surface area (Å²) in [4.78, 5) is 24.6. The van der Waals surface area contributed by atoms with E-state index < -0.39 is 12.1 Å². The molecular weight excluding hydrogens is 899 g/mol. The maximum atomic E-state index is 12.5. The fourth-order valence-corrected chi connectivity index (χ4v) is 10.1. The van der Waals surface area contributed by atoms with Crippen molar-refractivity contribution in [2.24, 2.45) is 0 Å². The molecular formula is C67H127NO5. The van der Waals surface area contributed by atoms with Gasteiger partial charge in [-0.1, -0.05) is 314 Å². The molecule has 0 heterocycles. The molecule has 1 amide bonds. The van der Waals surface area contributed by atoms with Gasteiger partial charge >= 0.3 is 5.97 Å². The molecule has 430 valence electrons. The van der Waals surface area contributed by atoms with Crippen molar-refractivity contribution in [1.82, 2.24) is 5.32 Å². The normalized spacial score (nSPS) is 12.8. The van der Waals surface area contributed by atoms with Gasteiger partial charge < -0.3 is 20.3 Å². The Morgan fingerprint density at radius 2 is 0.685 bits per heavy atom. The minimum absolute atomic E-state index is 0.00651. The number of ether oxygens (including phenoxy) is 1. The Hall–Kier alpha value is -1.92. The van der Waals surface area contributed by atoms with E-state index in [4.69, 9.17) is 4.74 Å². The third-order valence-corrected chi connectivity index (χ3v) is 15.2. The molecule has 2 unspecified atom stereocenters. The monoisotopic (exact) mass is 1030 g/mol. The lowest BCUT2D eigenvalue weighted by molar-refractivity contribution is -0.143. The number of hydrogen-bond donors (Lipinski definition) is 3. The number of aliphatic hydroxyl groups excluding tert-OH is 2. The summed E-state index contributed by atoms with van der Waals surface area (Å²) in [5.41, 5.74) is 0. The summed E-state index contributed by atoms with van der Waals surface area (Å²) in [6, 6.07) is -0.630. The van der Waals surface area contributed by atoms with E-state index in [1.807, 2.05) is 6.08 Å². The Morgan fingerprint density at radius 1 is 0.384 bits per heavy atom. The van der Waals surface area contributed by atoms with Crippen LogP contribution in [-0.2, 0) is 14.3 Å². The Morgan fingerprint density at radius 3 is 1.07 bits per heavy atom. The number of amides is 1. The molecule has 6 nitrogen and oxygen atoms in total. The fraction of sp³-hybridized carbons (Fsp3) is 0.881. The van der Waals surface area contributed by atoms with E-state index in [0.717, 1.165) is 51.4 Å². The van der Waals surface area contributed by atoms with Crippen LogP contribution in [0.5, 0.6) is 0 Å². The lowest BCUT2D eigenvalue weighted by Crippen LogP contribution is -2.45. The van der Waals surface area contributed by atoms with Crippen LogP contribution in [0.15, 0.2) is 36.5 Å². The number of carbonyl (C=O) groups is 2. The molecule has 3 N–H and O–H groups in total. The number of unbranched alkanes of at least 4 members (excludes halogenated alkanes) is 46. The van der Waals surface area contributed by atoms with Crippen LogP contribution in [0.25, 0.3) is 0 Å². The van der Waals surface area contributed by atoms with Gasteiger partial charge in [-0.25, -0.2) is 0 Å². The van der Waals surface area contributed by atoms with E-state index in [9.17, 15) is 19.8 Å². The van der Waals surface area contributed by atoms with Gasteiger partial charge in [-0.3, -0.25) is 9.59 Å². The second-order valence-corrected chi connectivity index (χ2v) is 22.5. The summed E-state index contributed by atoms with van der Waals surface area (Å²) in [5.74, 6) is -0.0612. The van der Waals surface area contributed by atoms with E-state index in [2.05, 4.69) is 43.5 Å². The Kier molecular flexibility index (Phi) is 61.0. The van der Waals surface area contributed by atoms with Crippen molar-refractivity contribution in [3.8, 4) is 0 Å². The molecule has 0 aliphatic carbocycles. The van der Waals surface area contributed by atoms with Crippen LogP contribution in [0.1, 0.15) is 354 Å². The van der Waals surface area contributed by atoms with Gasteiger partial charge in [0.1, 0.15) is 0 Å². The van der Waals surface area contributed by atoms with E-state index >= 15 is 0 Å². The molecule has 6 heteroatoms. The standard InChI is InChI=1S/C67H127NO5/c1-3-5-7-9-11-13-15-17-19-21-24-29-33-37-41-45-49-53-57-61-67(72)73-62-58-54-50-46-42-38-34-30-26-23-22-25-28-32-36-40-44-48-52-56-60-66(71)68-64(63-69)65(70)59-55-51-47-43-39-35-31-27-20-18-16-14-12-10-8-6-4-2/h11,13,17,19,55,59,64-65,69-70H,3-10,12,14-16,18,20-54,56-58,60-63H2,1-2H3,(H,68,71)/b13-11-,19-17-,59-55+. The highest BCUT2D eigenvalue weighted by Gasteiger charge is 2.18. The lowest BCUT2D eigenvalue weighted by atomic mass is 10.0. The van der Waals surface area contributed by atoms with E-state index in [1.54, 1.807) is 6.08 Å². The highest BCUT2D eigenvalue weighted by molar-refractivity contribution is 5.76. The highest BCUT2D eigenvalue weighted by Crippen LogP contribution is 2.18. The molecule has 0 bridgehead atoms. The molecule has 73 heavy (non-hydrogen) atoms. The second kappa shape index (κ2) is 62.6. The van der Waals surface area contributed by atoms with Crippen LogP contribution >= 0.6 is 0 Å². The average molecular weight is 1030 g/mol. The first kappa shape index (κ1) is 71.1. The first-order chi connectivity index (χ1) is 36.0. The minimum Gasteiger partial charge on any atom is -0.466 e. The van der Waals surface area contributed by atoms with E-state index in [0.29, 0.717) is 19.4 Å². The predicted molar refractivity (Wildman–Crippen MR) is 319 cm³/mol. The molecule has 0 saturated heterocycles. The topological polar surface area (TPSA) is 95.9 Å². The Bertz CT molecular complexity index is 1180. The maximum absolute atomic E-state index is 12.5. The van der Waals surface area contributed by atoms with Crippen molar-refractivity contribution in [3.05, 3.63) is 36.5 Å². The number of esters is 1. The van der Waals surface area contributed by atoms with Gasteiger partial charge in [-0.15, -0.1) is 0 Å². The maximum Gasteiger partial charge on any atom is 0.305 e. The van der Waals surface area contributed by atoms with Crippen LogP contribution in [-0.4, -0.2) is 47.4 Å². The van der Waals surface area contributed by atoms with Crippen molar-refractivity contribution in [2.45, 2.75) is 366 Å². The van der Waals surface area contributed by atoms with Gasteiger partial charge in [0.2, 0.25) is 5.91 Å². The average Bonchev–Trinajstić information content (AvgIpc) is 3.39. The number of hydrogen-bond acceptors (Lipinski definition) is 5. The van der Waals surface area contributed by atoms with Crippen LogP contribution < -0.4 is 5.32 Å². The van der Waals surface area contributed by atoms with Crippen molar-refractivity contribution in [3.63, 3.8) is 0 Å². The SMILES string of the molecule is CCCCC/C=C\C/C=C\CCCCCCCCCCCC(=O)OCCCCCCCCCCCCCCCCCCCCCCC(=O)NC(CO)C(O)/C=C/CCCCCCCCCCCCCCCCC. The summed E-state index contributed by atoms with van der Waals surface area (Å²) in [5, 5.41) is 23.2. The number of aliphatic hydroxyl groups is 2. The van der Waals surface area contributed by atoms with Crippen LogP contribution in [0.2, 0.25) is 0 Å². The zero-order chi connectivity index (χ0) is 52.9. The van der Waals surface area contributed by atoms with E-state index in [1.165, 1.54) is 276 Å². The molecule has 0 aliphatic heterocycles. The number of rotatable bonds is 61. The smallest absolute Gasteiger partial charge is 0.305 e. The van der Waals surface area contributed by atoms with Crippen molar-refractivity contribution < 1.29 is 24.5 Å². The van der Waals surface area contributed by atoms with Crippen molar-refractivity contribution >= 4 is 11.9 Å². The minimum atomic E-state index is -0.846. The summed E-state index contributed by atoms with van der Waals surface area (Å²) in [6.07, 6.45) is 79.0. The largest absolute Gasteiger partial charge is 0.466 e. The molecule has 0 rings (SSSR count). The predicted octanol–water partition coefficient (Wildman–Crippen LogP) is 20.8. The van der Waals surface area contributed by atoms with Gasteiger partial charge in [-0.2, -0.15) is 0 Å². The van der Waals surface area contributed by atoms with Gasteiger partial charge in [0, 0.05) is 12.8 Å². The van der Waals surface area contributed by atoms with Gasteiger partial charge in [0.15, 0.2) is 0 Å². The number of allylic oxidation sites excluding steroid dienone is 5. The Balaban J connectivity index is 3.40. The van der Waals surface area contributed by atoms with E-state index in [-0.39, 0.29) is 18.5 Å². The van der Waals surface area contributed by atoms with Gasteiger partial charge in [0.25, 0.3) is 0 Å². The molecule has 0 aromatic heterocycles. The molecule has 2 atom stereocenters. The molecule has 0 saturated carbocycles. The molecule has 0 radical (unpaired) electrons. The quantitative estimate of drug-likeness (QED) is 0.0320. The second-order valence-electron chi connectivity index (χ2n) is 22.5. The zero-order valence-corrected chi connectivity index (χ0v) is 49.1. The third-order valence-electron chi connectivity index (χ3n) is 15.2. The number of nitrogens with one attached hydrogen (secondary N) is 1. The van der Waals surface area contributed by atoms with Crippen LogP contribution in [0.3, 0.4) is 0 Å². The summed E-state index contributed by atoms with van der Waals surface area (Å²) < 4.78 is 5.50. The summed E-state index contributed by atoms with van der Waals surface area (Å²) >= 11 is 0. The molecule has 0 aromatic carbocycles. The molecule has 0 spiro atoms. The molecule has 0 aromatic rings. The van der Waals surface area contributed by atoms with Gasteiger partial charge in [0.05, 0.1) is 25.4 Å². The Labute approximate surface area is 455 Å². The third kappa shape index (κ3) is 59.2. The van der Waals surface area contributed by atoms with Crippen molar-refractivity contribution in [1.29, 1.82) is 0 Å². The van der Waals surface area contributed by atoms with Gasteiger partial charge in [-0.05, 0) is 64.2 Å². The highest BCUT2D eigenvalue weighted by atomic mass is 16.5. The first-order valence-corrected chi connectivity index (χ1v) is 32.8. The molecule has 0 aliphatic rings. The van der Waals surface area contributed by atoms with Crippen molar-refractivity contribution in [2.75, 3.05) is 13.2 Å². The lowest BCUT2D eigenvalue weighted by Gasteiger charge is -2.20. The van der Waals surface area contributed by atoms with Crippen LogP contribution in [0.4, 0.5) is 0 Å². The summed E-state index contributed by atoms with van der Waals surface area (Å²) in [6.45, 7) is 4.90. The fourth-order valence-electron chi connectivity index (χ4n) is 10.1.